The Labute approximate surface area is 159 Å². The van der Waals surface area contributed by atoms with Crippen LogP contribution in [-0.4, -0.2) is 61.6 Å². The Morgan fingerprint density at radius 2 is 1.96 bits per heavy atom. The van der Waals surface area contributed by atoms with Crippen LogP contribution in [-0.2, 0) is 19.4 Å². The standard InChI is InChI=1S/C18H25NO5S2/c1-4-13(2)19(15-9-10-26(22,23)12-15)17(20)11-24-18(21)14-5-7-16(25-3)8-6-14/h5-8,13,15H,4,9-12H2,1-3H3/t13-,15+/m0/s1. The number of thioether (sulfide) groups is 1. The van der Waals surface area contributed by atoms with Gasteiger partial charge in [-0.25, -0.2) is 13.2 Å². The van der Waals surface area contributed by atoms with Gasteiger partial charge in [0, 0.05) is 17.0 Å². The second-order valence-corrected chi connectivity index (χ2v) is 9.53. The highest BCUT2D eigenvalue weighted by Gasteiger charge is 2.36. The summed E-state index contributed by atoms with van der Waals surface area (Å²) in [7, 11) is -3.10. The highest BCUT2D eigenvalue weighted by Crippen LogP contribution is 2.22. The Bertz CT molecular complexity index is 745. The number of hydrogen-bond donors (Lipinski definition) is 0. The molecule has 0 radical (unpaired) electrons. The van der Waals surface area contributed by atoms with Crippen LogP contribution < -0.4 is 0 Å². The van der Waals surface area contributed by atoms with E-state index in [0.717, 1.165) is 4.90 Å². The summed E-state index contributed by atoms with van der Waals surface area (Å²) < 4.78 is 28.7. The molecule has 0 saturated carbocycles. The average molecular weight is 400 g/mol. The number of benzene rings is 1. The number of hydrogen-bond acceptors (Lipinski definition) is 6. The monoisotopic (exact) mass is 399 g/mol. The molecule has 0 unspecified atom stereocenters. The van der Waals surface area contributed by atoms with E-state index in [0.29, 0.717) is 18.4 Å². The Hall–Kier alpha value is -1.54. The predicted octanol–water partition coefficient (Wildman–Crippen LogP) is 2.38. The van der Waals surface area contributed by atoms with Crippen molar-refractivity contribution in [2.75, 3.05) is 24.4 Å². The Morgan fingerprint density at radius 1 is 1.31 bits per heavy atom. The zero-order chi connectivity index (χ0) is 19.3. The quantitative estimate of drug-likeness (QED) is 0.517. The molecule has 0 aromatic heterocycles. The van der Waals surface area contributed by atoms with Crippen molar-refractivity contribution in [1.29, 1.82) is 0 Å². The molecule has 1 aromatic rings. The summed E-state index contributed by atoms with van der Waals surface area (Å²) in [6.07, 6.45) is 3.08. The van der Waals surface area contributed by atoms with Crippen LogP contribution in [0, 0.1) is 0 Å². The van der Waals surface area contributed by atoms with Gasteiger partial charge in [0.15, 0.2) is 16.4 Å². The van der Waals surface area contributed by atoms with Crippen LogP contribution in [0.3, 0.4) is 0 Å². The van der Waals surface area contributed by atoms with Crippen molar-refractivity contribution in [1.82, 2.24) is 4.90 Å². The summed E-state index contributed by atoms with van der Waals surface area (Å²) in [6, 6.07) is 6.50. The van der Waals surface area contributed by atoms with Gasteiger partial charge < -0.3 is 9.64 Å². The van der Waals surface area contributed by atoms with E-state index in [1.54, 1.807) is 28.8 Å². The summed E-state index contributed by atoms with van der Waals surface area (Å²) in [6.45, 7) is 3.43. The maximum atomic E-state index is 12.6. The topological polar surface area (TPSA) is 80.8 Å². The molecule has 1 aliphatic rings. The SMILES string of the molecule is CC[C@H](C)N(C(=O)COC(=O)c1ccc(SC)cc1)[C@@H]1CCS(=O)(=O)C1. The van der Waals surface area contributed by atoms with Gasteiger partial charge in [0.25, 0.3) is 5.91 Å². The fourth-order valence-electron chi connectivity index (χ4n) is 3.01. The fraction of sp³-hybridized carbons (Fsp3) is 0.556. The number of carbonyl (C=O) groups is 2. The summed E-state index contributed by atoms with van der Waals surface area (Å²) in [4.78, 5) is 27.4. The van der Waals surface area contributed by atoms with Crippen molar-refractivity contribution >= 4 is 33.5 Å². The molecule has 1 heterocycles. The van der Waals surface area contributed by atoms with Crippen molar-refractivity contribution in [2.45, 2.75) is 43.7 Å². The van der Waals surface area contributed by atoms with Gasteiger partial charge in [-0.1, -0.05) is 6.92 Å². The first-order chi connectivity index (χ1) is 12.3. The van der Waals surface area contributed by atoms with Crippen molar-refractivity contribution in [3.05, 3.63) is 29.8 Å². The second-order valence-electron chi connectivity index (χ2n) is 6.42. The molecule has 1 saturated heterocycles. The van der Waals surface area contributed by atoms with E-state index >= 15 is 0 Å². The first-order valence-corrected chi connectivity index (χ1v) is 11.6. The highest BCUT2D eigenvalue weighted by atomic mass is 32.2. The number of sulfone groups is 1. The van der Waals surface area contributed by atoms with Crippen LogP contribution in [0.4, 0.5) is 0 Å². The van der Waals surface area contributed by atoms with E-state index in [1.807, 2.05) is 32.2 Å². The minimum Gasteiger partial charge on any atom is -0.452 e. The number of carbonyl (C=O) groups excluding carboxylic acids is 2. The smallest absolute Gasteiger partial charge is 0.338 e. The van der Waals surface area contributed by atoms with E-state index < -0.39 is 15.8 Å². The van der Waals surface area contributed by atoms with Gasteiger partial charge in [-0.3, -0.25) is 4.79 Å². The summed E-state index contributed by atoms with van der Waals surface area (Å²) >= 11 is 1.57. The molecular formula is C18H25NO5S2. The van der Waals surface area contributed by atoms with Crippen molar-refractivity contribution in [2.24, 2.45) is 0 Å². The lowest BCUT2D eigenvalue weighted by Gasteiger charge is -2.33. The third kappa shape index (κ3) is 5.23. The lowest BCUT2D eigenvalue weighted by Crippen LogP contribution is -2.48. The molecule has 0 N–H and O–H groups in total. The third-order valence-corrected chi connectivity index (χ3v) is 7.10. The number of amides is 1. The summed E-state index contributed by atoms with van der Waals surface area (Å²) in [5, 5.41) is 0. The molecule has 1 aromatic carbocycles. The molecule has 0 aliphatic carbocycles. The molecule has 26 heavy (non-hydrogen) atoms. The Morgan fingerprint density at radius 3 is 2.46 bits per heavy atom. The van der Waals surface area contributed by atoms with Crippen LogP contribution in [0.1, 0.15) is 37.0 Å². The largest absolute Gasteiger partial charge is 0.452 e. The van der Waals surface area contributed by atoms with E-state index in [-0.39, 0.29) is 36.1 Å². The van der Waals surface area contributed by atoms with Gasteiger partial charge in [-0.2, -0.15) is 0 Å². The van der Waals surface area contributed by atoms with Crippen molar-refractivity contribution < 1.29 is 22.7 Å². The number of ether oxygens (including phenoxy) is 1. The molecule has 0 bridgehead atoms. The van der Waals surface area contributed by atoms with Gasteiger partial charge in [0.1, 0.15) is 0 Å². The molecule has 2 atom stereocenters. The lowest BCUT2D eigenvalue weighted by atomic mass is 10.1. The van der Waals surface area contributed by atoms with E-state index in [1.165, 1.54) is 0 Å². The molecule has 1 amide bonds. The van der Waals surface area contributed by atoms with E-state index in [2.05, 4.69) is 0 Å². The zero-order valence-corrected chi connectivity index (χ0v) is 16.9. The highest BCUT2D eigenvalue weighted by molar-refractivity contribution is 7.98. The maximum absolute atomic E-state index is 12.6. The van der Waals surface area contributed by atoms with E-state index in [9.17, 15) is 18.0 Å². The second kappa shape index (κ2) is 8.90. The molecule has 0 spiro atoms. The van der Waals surface area contributed by atoms with Crippen LogP contribution in [0.15, 0.2) is 29.2 Å². The van der Waals surface area contributed by atoms with Crippen molar-refractivity contribution in [3.63, 3.8) is 0 Å². The van der Waals surface area contributed by atoms with Crippen LogP contribution in [0.2, 0.25) is 0 Å². The van der Waals surface area contributed by atoms with Gasteiger partial charge in [0.05, 0.1) is 17.1 Å². The summed E-state index contributed by atoms with van der Waals surface area (Å²) in [5.74, 6) is -0.836. The van der Waals surface area contributed by atoms with E-state index in [4.69, 9.17) is 4.74 Å². The third-order valence-electron chi connectivity index (χ3n) is 4.61. The first kappa shape index (κ1) is 20.8. The van der Waals surface area contributed by atoms with Gasteiger partial charge in [0.2, 0.25) is 0 Å². The maximum Gasteiger partial charge on any atom is 0.338 e. The number of rotatable bonds is 7. The molecule has 1 aliphatic heterocycles. The van der Waals surface area contributed by atoms with Gasteiger partial charge in [-0.15, -0.1) is 11.8 Å². The van der Waals surface area contributed by atoms with Crippen LogP contribution >= 0.6 is 11.8 Å². The number of esters is 1. The van der Waals surface area contributed by atoms with Crippen molar-refractivity contribution in [3.8, 4) is 0 Å². The Balaban J connectivity index is 2.01. The van der Waals surface area contributed by atoms with Crippen LogP contribution in [0.25, 0.3) is 0 Å². The molecule has 144 valence electrons. The first-order valence-electron chi connectivity index (χ1n) is 8.60. The average Bonchev–Trinajstić information content (AvgIpc) is 2.99. The lowest BCUT2D eigenvalue weighted by molar-refractivity contribution is -0.138. The minimum absolute atomic E-state index is 0.0207. The van der Waals surface area contributed by atoms with Gasteiger partial charge in [-0.05, 0) is 50.3 Å². The van der Waals surface area contributed by atoms with Crippen LogP contribution in [0.5, 0.6) is 0 Å². The summed E-state index contributed by atoms with van der Waals surface area (Å²) in [5.41, 5.74) is 0.383. The molecule has 2 rings (SSSR count). The number of nitrogens with zero attached hydrogens (tertiary/aromatic N) is 1. The zero-order valence-electron chi connectivity index (χ0n) is 15.3. The van der Waals surface area contributed by atoms with Gasteiger partial charge >= 0.3 is 5.97 Å². The Kier molecular flexibility index (Phi) is 7.11. The minimum atomic E-state index is -3.10. The molecule has 6 nitrogen and oxygen atoms in total. The molecule has 1 fully saturated rings. The molecule has 8 heteroatoms. The predicted molar refractivity (Wildman–Crippen MR) is 102 cm³/mol. The normalized spacial score (nSPS) is 19.7. The molecular weight excluding hydrogens is 374 g/mol. The fourth-order valence-corrected chi connectivity index (χ4v) is 5.13.